The Hall–Kier alpha value is -0.340. The Balaban J connectivity index is 4.59. The largest absolute Gasteiger partial charge is 0.391 e. The van der Waals surface area contributed by atoms with Gasteiger partial charge in [0.15, 0.2) is 0 Å². The molecule has 96 valence electrons. The van der Waals surface area contributed by atoms with Gasteiger partial charge in [-0.2, -0.15) is 0 Å². The van der Waals surface area contributed by atoms with Gasteiger partial charge in [-0.25, -0.2) is 0 Å². The van der Waals surface area contributed by atoms with Crippen molar-refractivity contribution < 1.29 is 5.11 Å². The number of allylic oxidation sites excluding steroid dienone is 1. The van der Waals surface area contributed by atoms with Crippen LogP contribution in [0.15, 0.2) is 12.2 Å². The first kappa shape index (κ1) is 15.7. The van der Waals surface area contributed by atoms with E-state index in [4.69, 9.17) is 0 Å². The Kier molecular flexibility index (Phi) is 6.93. The van der Waals surface area contributed by atoms with Crippen molar-refractivity contribution in [1.82, 2.24) is 4.90 Å². The van der Waals surface area contributed by atoms with Gasteiger partial charge in [0.2, 0.25) is 0 Å². The lowest BCUT2D eigenvalue weighted by Gasteiger charge is -2.43. The van der Waals surface area contributed by atoms with Crippen molar-refractivity contribution in [3.8, 4) is 0 Å². The van der Waals surface area contributed by atoms with Crippen LogP contribution in [-0.2, 0) is 0 Å². The Morgan fingerprint density at radius 2 is 1.81 bits per heavy atom. The molecule has 0 aliphatic heterocycles. The number of aliphatic hydroxyl groups excluding tert-OH is 1. The second-order valence-electron chi connectivity index (χ2n) is 4.89. The van der Waals surface area contributed by atoms with Crippen LogP contribution in [0.2, 0.25) is 0 Å². The van der Waals surface area contributed by atoms with Gasteiger partial charge >= 0.3 is 0 Å². The summed E-state index contributed by atoms with van der Waals surface area (Å²) in [5, 5.41) is 10.4. The summed E-state index contributed by atoms with van der Waals surface area (Å²) >= 11 is 0. The molecule has 0 aromatic rings. The fourth-order valence-electron chi connectivity index (χ4n) is 2.31. The van der Waals surface area contributed by atoms with E-state index in [1.165, 1.54) is 0 Å². The molecule has 0 bridgehead atoms. The van der Waals surface area contributed by atoms with Crippen molar-refractivity contribution in [2.24, 2.45) is 0 Å². The van der Waals surface area contributed by atoms with Crippen molar-refractivity contribution in [1.29, 1.82) is 0 Å². The fourth-order valence-corrected chi connectivity index (χ4v) is 2.31. The molecule has 0 radical (unpaired) electrons. The molecule has 0 fully saturated rings. The van der Waals surface area contributed by atoms with Crippen LogP contribution in [0.25, 0.3) is 0 Å². The van der Waals surface area contributed by atoms with E-state index in [1.54, 1.807) is 0 Å². The van der Waals surface area contributed by atoms with Crippen LogP contribution in [0, 0.1) is 0 Å². The highest BCUT2D eigenvalue weighted by Crippen LogP contribution is 2.26. The van der Waals surface area contributed by atoms with Gasteiger partial charge in [0.05, 0.1) is 6.10 Å². The van der Waals surface area contributed by atoms with Crippen molar-refractivity contribution in [3.05, 3.63) is 12.2 Å². The van der Waals surface area contributed by atoms with E-state index in [9.17, 15) is 5.11 Å². The summed E-state index contributed by atoms with van der Waals surface area (Å²) in [6.07, 6.45) is 2.44. The Morgan fingerprint density at radius 1 is 1.31 bits per heavy atom. The van der Waals surface area contributed by atoms with Gasteiger partial charge in [-0.15, -0.1) is 6.58 Å². The van der Waals surface area contributed by atoms with Gasteiger partial charge in [-0.05, 0) is 46.2 Å². The standard InChI is InChI=1S/C14H29NO/c1-7-14(6,15(8-2)9-3)13(16)11-10-12(4)5/h13,16H,4,7-11H2,1-3,5-6H3. The third kappa shape index (κ3) is 3.91. The van der Waals surface area contributed by atoms with Gasteiger partial charge in [0.25, 0.3) is 0 Å². The third-order valence-electron chi connectivity index (χ3n) is 3.76. The average Bonchev–Trinajstić information content (AvgIpc) is 2.26. The molecular weight excluding hydrogens is 198 g/mol. The molecule has 0 aliphatic carbocycles. The van der Waals surface area contributed by atoms with Crippen LogP contribution < -0.4 is 0 Å². The highest BCUT2D eigenvalue weighted by molar-refractivity contribution is 4.95. The zero-order chi connectivity index (χ0) is 12.8. The van der Waals surface area contributed by atoms with Crippen LogP contribution in [0.5, 0.6) is 0 Å². The molecule has 2 nitrogen and oxygen atoms in total. The maximum atomic E-state index is 10.4. The van der Waals surface area contributed by atoms with Crippen molar-refractivity contribution in [2.75, 3.05) is 13.1 Å². The summed E-state index contributed by atoms with van der Waals surface area (Å²) < 4.78 is 0. The van der Waals surface area contributed by atoms with E-state index in [0.29, 0.717) is 0 Å². The molecular formula is C14H29NO. The first-order chi connectivity index (χ1) is 7.42. The van der Waals surface area contributed by atoms with Crippen LogP contribution in [0.3, 0.4) is 0 Å². The fraction of sp³-hybridized carbons (Fsp3) is 0.857. The van der Waals surface area contributed by atoms with E-state index < -0.39 is 0 Å². The van der Waals surface area contributed by atoms with E-state index in [1.807, 2.05) is 6.92 Å². The van der Waals surface area contributed by atoms with Crippen molar-refractivity contribution in [3.63, 3.8) is 0 Å². The lowest BCUT2D eigenvalue weighted by Crippen LogP contribution is -2.54. The SMILES string of the molecule is C=C(C)CCC(O)C(C)(CC)N(CC)CC. The van der Waals surface area contributed by atoms with Crippen LogP contribution in [0.4, 0.5) is 0 Å². The molecule has 0 rings (SSSR count). The number of aliphatic hydroxyl groups is 1. The Labute approximate surface area is 101 Å². The summed E-state index contributed by atoms with van der Waals surface area (Å²) in [5.41, 5.74) is 1.05. The lowest BCUT2D eigenvalue weighted by atomic mass is 9.86. The molecule has 0 amide bonds. The second-order valence-corrected chi connectivity index (χ2v) is 4.89. The summed E-state index contributed by atoms with van der Waals surface area (Å²) in [5.74, 6) is 0. The molecule has 0 aromatic carbocycles. The van der Waals surface area contributed by atoms with E-state index in [0.717, 1.165) is 37.9 Å². The molecule has 2 unspecified atom stereocenters. The van der Waals surface area contributed by atoms with Crippen LogP contribution >= 0.6 is 0 Å². The summed E-state index contributed by atoms with van der Waals surface area (Å²) in [6.45, 7) is 16.5. The topological polar surface area (TPSA) is 23.5 Å². The average molecular weight is 227 g/mol. The van der Waals surface area contributed by atoms with Gasteiger partial charge in [-0.3, -0.25) is 4.90 Å². The molecule has 0 saturated heterocycles. The Morgan fingerprint density at radius 3 is 2.12 bits per heavy atom. The van der Waals surface area contributed by atoms with Crippen molar-refractivity contribution >= 4 is 0 Å². The van der Waals surface area contributed by atoms with Crippen molar-refractivity contribution in [2.45, 2.75) is 65.5 Å². The highest BCUT2D eigenvalue weighted by atomic mass is 16.3. The zero-order valence-electron chi connectivity index (χ0n) is 11.7. The predicted octanol–water partition coefficient (Wildman–Crippen LogP) is 3.21. The van der Waals surface area contributed by atoms with Gasteiger partial charge in [0, 0.05) is 5.54 Å². The molecule has 2 atom stereocenters. The van der Waals surface area contributed by atoms with E-state index >= 15 is 0 Å². The Bertz CT molecular complexity index is 211. The van der Waals surface area contributed by atoms with Gasteiger partial charge < -0.3 is 5.11 Å². The minimum Gasteiger partial charge on any atom is -0.391 e. The molecule has 0 saturated carbocycles. The maximum Gasteiger partial charge on any atom is 0.0724 e. The monoisotopic (exact) mass is 227 g/mol. The first-order valence-electron chi connectivity index (χ1n) is 6.49. The summed E-state index contributed by atoms with van der Waals surface area (Å²) in [4.78, 5) is 2.36. The quantitative estimate of drug-likeness (QED) is 0.644. The maximum absolute atomic E-state index is 10.4. The molecule has 0 heterocycles. The van der Waals surface area contributed by atoms with Crippen LogP contribution in [0.1, 0.15) is 53.9 Å². The smallest absolute Gasteiger partial charge is 0.0724 e. The van der Waals surface area contributed by atoms with E-state index in [2.05, 4.69) is 39.2 Å². The van der Waals surface area contributed by atoms with Gasteiger partial charge in [0.1, 0.15) is 0 Å². The first-order valence-corrected chi connectivity index (χ1v) is 6.49. The normalized spacial score (nSPS) is 17.2. The molecule has 0 spiro atoms. The van der Waals surface area contributed by atoms with Crippen LogP contribution in [-0.4, -0.2) is 34.7 Å². The summed E-state index contributed by atoms with van der Waals surface area (Å²) in [6, 6.07) is 0. The number of likely N-dealkylation sites (N-methyl/N-ethyl adjacent to an activating group) is 1. The molecule has 0 aromatic heterocycles. The second kappa shape index (κ2) is 7.08. The van der Waals surface area contributed by atoms with E-state index in [-0.39, 0.29) is 11.6 Å². The number of nitrogens with zero attached hydrogens (tertiary/aromatic N) is 1. The highest BCUT2D eigenvalue weighted by Gasteiger charge is 2.35. The summed E-state index contributed by atoms with van der Waals surface area (Å²) in [7, 11) is 0. The minimum atomic E-state index is -0.269. The third-order valence-corrected chi connectivity index (χ3v) is 3.76. The molecule has 1 N–H and O–H groups in total. The number of rotatable bonds is 8. The molecule has 16 heavy (non-hydrogen) atoms. The number of hydrogen-bond donors (Lipinski definition) is 1. The zero-order valence-corrected chi connectivity index (χ0v) is 11.7. The number of hydrogen-bond acceptors (Lipinski definition) is 2. The predicted molar refractivity (Wildman–Crippen MR) is 71.7 cm³/mol. The molecule has 2 heteroatoms. The minimum absolute atomic E-state index is 0.0983. The van der Waals surface area contributed by atoms with Gasteiger partial charge in [-0.1, -0.05) is 26.3 Å². The molecule has 0 aliphatic rings. The lowest BCUT2D eigenvalue weighted by molar-refractivity contribution is -0.0234.